The van der Waals surface area contributed by atoms with Crippen LogP contribution in [0.2, 0.25) is 0 Å². The fourth-order valence-corrected chi connectivity index (χ4v) is 3.46. The van der Waals surface area contributed by atoms with Crippen molar-refractivity contribution in [3.05, 3.63) is 28.8 Å². The minimum Gasteiger partial charge on any atom is -0.507 e. The lowest BCUT2D eigenvalue weighted by Gasteiger charge is -2.29. The summed E-state index contributed by atoms with van der Waals surface area (Å²) in [6.07, 6.45) is 7.25. The standard InChI is InChI=1S/C19H24O4/c1-4-5-6-8-19(22)11-13-15(17(19)21)14(20)10-12-7-9-18(2,3)23-16(12)13/h7,9-10,20,22H,4-6,8,11H2,1-3H3. The van der Waals surface area contributed by atoms with Gasteiger partial charge in [0.2, 0.25) is 0 Å². The van der Waals surface area contributed by atoms with Crippen molar-refractivity contribution in [3.63, 3.8) is 0 Å². The van der Waals surface area contributed by atoms with Crippen molar-refractivity contribution in [3.8, 4) is 11.5 Å². The molecule has 2 N–H and O–H groups in total. The second-order valence-electron chi connectivity index (χ2n) is 7.20. The van der Waals surface area contributed by atoms with Crippen LogP contribution in [0.15, 0.2) is 12.1 Å². The predicted molar refractivity (Wildman–Crippen MR) is 89.0 cm³/mol. The average Bonchev–Trinajstić information content (AvgIpc) is 2.73. The summed E-state index contributed by atoms with van der Waals surface area (Å²) in [7, 11) is 0. The van der Waals surface area contributed by atoms with Gasteiger partial charge < -0.3 is 14.9 Å². The van der Waals surface area contributed by atoms with Gasteiger partial charge in [0, 0.05) is 17.5 Å². The Bertz CT molecular complexity index is 687. The summed E-state index contributed by atoms with van der Waals surface area (Å²) in [6.45, 7) is 5.96. The Morgan fingerprint density at radius 3 is 2.74 bits per heavy atom. The van der Waals surface area contributed by atoms with E-state index in [1.807, 2.05) is 26.0 Å². The zero-order valence-electron chi connectivity index (χ0n) is 14.0. The minimum atomic E-state index is -1.42. The summed E-state index contributed by atoms with van der Waals surface area (Å²) in [5.74, 6) is 0.174. The van der Waals surface area contributed by atoms with Gasteiger partial charge in [0.15, 0.2) is 5.78 Å². The lowest BCUT2D eigenvalue weighted by molar-refractivity contribution is 0.0311. The number of phenolic OH excluding ortho intramolecular Hbond substituents is 1. The molecule has 0 radical (unpaired) electrons. The van der Waals surface area contributed by atoms with Gasteiger partial charge in [-0.2, -0.15) is 0 Å². The van der Waals surface area contributed by atoms with Crippen LogP contribution in [0.1, 0.15) is 67.9 Å². The molecule has 1 aliphatic carbocycles. The first-order valence-corrected chi connectivity index (χ1v) is 8.32. The van der Waals surface area contributed by atoms with Gasteiger partial charge in [0.25, 0.3) is 0 Å². The number of carbonyl (C=O) groups is 1. The molecule has 1 atom stereocenters. The molecule has 0 saturated heterocycles. The van der Waals surface area contributed by atoms with Gasteiger partial charge in [-0.15, -0.1) is 0 Å². The van der Waals surface area contributed by atoms with Gasteiger partial charge in [-0.25, -0.2) is 0 Å². The van der Waals surface area contributed by atoms with Crippen molar-refractivity contribution < 1.29 is 19.7 Å². The maximum atomic E-state index is 12.7. The van der Waals surface area contributed by atoms with Gasteiger partial charge in [-0.1, -0.05) is 32.3 Å². The van der Waals surface area contributed by atoms with Gasteiger partial charge in [0.1, 0.15) is 22.7 Å². The number of aliphatic hydroxyl groups is 1. The number of ketones is 1. The topological polar surface area (TPSA) is 66.8 Å². The second kappa shape index (κ2) is 5.38. The normalized spacial score (nSPS) is 24.3. The summed E-state index contributed by atoms with van der Waals surface area (Å²) in [4.78, 5) is 12.7. The van der Waals surface area contributed by atoms with Gasteiger partial charge >= 0.3 is 0 Å². The zero-order valence-corrected chi connectivity index (χ0v) is 14.0. The summed E-state index contributed by atoms with van der Waals surface area (Å²) < 4.78 is 6.02. The summed E-state index contributed by atoms with van der Waals surface area (Å²) in [6, 6.07) is 1.55. The van der Waals surface area contributed by atoms with Crippen LogP contribution in [0.5, 0.6) is 11.5 Å². The van der Waals surface area contributed by atoms with E-state index in [0.29, 0.717) is 17.7 Å². The van der Waals surface area contributed by atoms with Crippen molar-refractivity contribution in [1.82, 2.24) is 0 Å². The average molecular weight is 316 g/mol. The summed E-state index contributed by atoms with van der Waals surface area (Å²) in [5.41, 5.74) is -0.260. The third-order valence-electron chi connectivity index (χ3n) is 4.73. The number of carbonyl (C=O) groups excluding carboxylic acids is 1. The van der Waals surface area contributed by atoms with Crippen molar-refractivity contribution in [2.45, 2.75) is 64.1 Å². The second-order valence-corrected chi connectivity index (χ2v) is 7.20. The highest BCUT2D eigenvalue weighted by Crippen LogP contribution is 2.47. The molecule has 2 aliphatic rings. The summed E-state index contributed by atoms with van der Waals surface area (Å²) >= 11 is 0. The van der Waals surface area contributed by atoms with E-state index < -0.39 is 11.2 Å². The number of hydrogen-bond donors (Lipinski definition) is 2. The highest BCUT2D eigenvalue weighted by atomic mass is 16.5. The number of fused-ring (bicyclic) bond motifs is 3. The van der Waals surface area contributed by atoms with E-state index >= 15 is 0 Å². The Morgan fingerprint density at radius 2 is 2.04 bits per heavy atom. The van der Waals surface area contributed by atoms with Gasteiger partial charge in [0.05, 0.1) is 5.56 Å². The number of benzene rings is 1. The summed E-state index contributed by atoms with van der Waals surface area (Å²) in [5, 5.41) is 21.1. The number of hydrogen-bond acceptors (Lipinski definition) is 4. The number of Topliss-reactive ketones (excluding diaryl/α,β-unsaturated/α-hetero) is 1. The monoisotopic (exact) mass is 316 g/mol. The van der Waals surface area contributed by atoms with Crippen LogP contribution in [0.4, 0.5) is 0 Å². The van der Waals surface area contributed by atoms with Crippen LogP contribution in [-0.2, 0) is 6.42 Å². The number of rotatable bonds is 4. The van der Waals surface area contributed by atoms with Crippen LogP contribution in [0, 0.1) is 0 Å². The lowest BCUT2D eigenvalue weighted by Crippen LogP contribution is -2.35. The lowest BCUT2D eigenvalue weighted by atomic mass is 9.92. The molecule has 0 bridgehead atoms. The Morgan fingerprint density at radius 1 is 1.30 bits per heavy atom. The van der Waals surface area contributed by atoms with E-state index in [2.05, 4.69) is 6.92 Å². The zero-order chi connectivity index (χ0) is 16.8. The number of unbranched alkanes of at least 4 members (excludes halogenated alkanes) is 2. The van der Waals surface area contributed by atoms with Crippen LogP contribution < -0.4 is 4.74 Å². The van der Waals surface area contributed by atoms with E-state index in [9.17, 15) is 15.0 Å². The van der Waals surface area contributed by atoms with Crippen LogP contribution >= 0.6 is 0 Å². The van der Waals surface area contributed by atoms with Crippen LogP contribution in [0.25, 0.3) is 6.08 Å². The Balaban J connectivity index is 2.02. The molecule has 1 aromatic carbocycles. The van der Waals surface area contributed by atoms with Crippen LogP contribution in [0.3, 0.4) is 0 Å². The van der Waals surface area contributed by atoms with Crippen molar-refractivity contribution in [2.75, 3.05) is 0 Å². The molecular weight excluding hydrogens is 292 g/mol. The third-order valence-corrected chi connectivity index (χ3v) is 4.73. The van der Waals surface area contributed by atoms with E-state index in [1.54, 1.807) is 6.07 Å². The molecule has 4 heteroatoms. The smallest absolute Gasteiger partial charge is 0.198 e. The molecule has 1 heterocycles. The Hall–Kier alpha value is -1.81. The van der Waals surface area contributed by atoms with Crippen LogP contribution in [-0.4, -0.2) is 27.2 Å². The van der Waals surface area contributed by atoms with E-state index in [1.165, 1.54) is 0 Å². The van der Waals surface area contributed by atoms with Crippen molar-refractivity contribution in [2.24, 2.45) is 0 Å². The maximum absolute atomic E-state index is 12.7. The van der Waals surface area contributed by atoms with E-state index in [-0.39, 0.29) is 23.5 Å². The molecule has 3 rings (SSSR count). The predicted octanol–water partition coefficient (Wildman–Crippen LogP) is 3.63. The molecule has 1 aromatic rings. The third kappa shape index (κ3) is 2.65. The quantitative estimate of drug-likeness (QED) is 0.833. The molecule has 0 spiro atoms. The highest BCUT2D eigenvalue weighted by molar-refractivity contribution is 6.10. The number of aromatic hydroxyl groups is 1. The molecule has 0 saturated carbocycles. The largest absolute Gasteiger partial charge is 0.507 e. The molecule has 1 unspecified atom stereocenters. The van der Waals surface area contributed by atoms with E-state index in [4.69, 9.17) is 4.74 Å². The first-order valence-electron chi connectivity index (χ1n) is 8.32. The molecule has 0 fully saturated rings. The Labute approximate surface area is 136 Å². The number of phenols is 1. The SMILES string of the molecule is CCCCCC1(O)Cc2c3c(cc(O)c2C1=O)C=CC(C)(C)O3. The maximum Gasteiger partial charge on any atom is 0.198 e. The number of ether oxygens (including phenoxy) is 1. The first-order chi connectivity index (χ1) is 10.8. The molecule has 0 aromatic heterocycles. The Kier molecular flexibility index (Phi) is 3.75. The highest BCUT2D eigenvalue weighted by Gasteiger charge is 2.47. The first kappa shape index (κ1) is 16.1. The molecule has 23 heavy (non-hydrogen) atoms. The molecular formula is C19H24O4. The molecule has 0 amide bonds. The van der Waals surface area contributed by atoms with Crippen molar-refractivity contribution >= 4 is 11.9 Å². The molecule has 4 nitrogen and oxygen atoms in total. The van der Waals surface area contributed by atoms with Gasteiger partial charge in [-0.05, 0) is 32.4 Å². The molecule has 124 valence electrons. The fourth-order valence-electron chi connectivity index (χ4n) is 3.46. The minimum absolute atomic E-state index is 0.0666. The van der Waals surface area contributed by atoms with Gasteiger partial charge in [-0.3, -0.25) is 4.79 Å². The fraction of sp³-hybridized carbons (Fsp3) is 0.526. The van der Waals surface area contributed by atoms with E-state index in [0.717, 1.165) is 24.8 Å². The molecule has 1 aliphatic heterocycles. The van der Waals surface area contributed by atoms with Crippen molar-refractivity contribution in [1.29, 1.82) is 0 Å².